The van der Waals surface area contributed by atoms with Crippen LogP contribution < -0.4 is 19.7 Å². The molecule has 0 saturated heterocycles. The first kappa shape index (κ1) is 67.0. The molecule has 0 saturated carbocycles. The Morgan fingerprint density at radius 2 is 0.571 bits per heavy atom. The second kappa shape index (κ2) is 39.6. The van der Waals surface area contributed by atoms with Gasteiger partial charge in [0.25, 0.3) is 0 Å². The fourth-order valence-corrected chi connectivity index (χ4v) is 7.61. The number of nitrogens with zero attached hydrogens (tertiary/aromatic N) is 16. The van der Waals surface area contributed by atoms with Crippen molar-refractivity contribution in [1.29, 1.82) is 0 Å². The molecule has 0 radical (unpaired) electrons. The van der Waals surface area contributed by atoms with E-state index in [4.69, 9.17) is 9.47 Å². The van der Waals surface area contributed by atoms with E-state index >= 15 is 0 Å². The molecule has 0 bridgehead atoms. The molecule has 22 heteroatoms. The van der Waals surface area contributed by atoms with E-state index in [0.29, 0.717) is 62.1 Å². The van der Waals surface area contributed by atoms with Crippen LogP contribution in [0.15, 0.2) is 229 Å². The molecule has 8 aromatic rings. The summed E-state index contributed by atoms with van der Waals surface area (Å²) in [5, 5.41) is 52.0. The predicted molar refractivity (Wildman–Crippen MR) is 322 cm³/mol. The molecule has 1 aliphatic carbocycles. The first-order valence-electron chi connectivity index (χ1n) is 26.6. The molecule has 0 atom stereocenters. The van der Waals surface area contributed by atoms with E-state index in [0.717, 1.165) is 74.2 Å². The maximum atomic E-state index is 12.4. The second-order valence-corrected chi connectivity index (χ2v) is 17.5. The van der Waals surface area contributed by atoms with E-state index in [1.807, 2.05) is 109 Å². The molecule has 424 valence electrons. The molecule has 6 aromatic heterocycles. The van der Waals surface area contributed by atoms with Crippen molar-refractivity contribution in [1.82, 2.24) is 39.7 Å². The van der Waals surface area contributed by atoms with Crippen molar-refractivity contribution in [3.05, 3.63) is 250 Å². The molecule has 84 heavy (non-hydrogen) atoms. The first-order valence-corrected chi connectivity index (χ1v) is 26.6. The Labute approximate surface area is 539 Å². The summed E-state index contributed by atoms with van der Waals surface area (Å²) >= 11 is 0. The summed E-state index contributed by atoms with van der Waals surface area (Å²) in [7, 11) is 3.03. The maximum Gasteiger partial charge on any atom is 4.00 e. The number of aliphatic imine (C=N–C) groups is 2. The quantitative estimate of drug-likeness (QED) is 0.0415. The van der Waals surface area contributed by atoms with Crippen molar-refractivity contribution in [3.8, 4) is 11.5 Å². The number of rotatable bonds is 28. The van der Waals surface area contributed by atoms with Gasteiger partial charge in [0.15, 0.2) is 0 Å². The zero-order valence-corrected chi connectivity index (χ0v) is 55.2. The molecular formula is C62H64N16O4U2. The van der Waals surface area contributed by atoms with Gasteiger partial charge in [-0.2, -0.15) is 0 Å². The first-order chi connectivity index (χ1) is 40.4. The minimum Gasteiger partial charge on any atom is -0.871 e. The summed E-state index contributed by atoms with van der Waals surface area (Å²) < 4.78 is 10.4. The molecule has 0 fully saturated rings. The van der Waals surface area contributed by atoms with E-state index in [-0.39, 0.29) is 73.6 Å². The molecule has 0 N–H and O–H groups in total. The van der Waals surface area contributed by atoms with Crippen LogP contribution in [-0.4, -0.2) is 144 Å². The summed E-state index contributed by atoms with van der Waals surface area (Å²) in [5.74, 6) is 4.81. The molecule has 1 aliphatic rings. The summed E-state index contributed by atoms with van der Waals surface area (Å²) in [4.78, 5) is 38.6. The fourth-order valence-electron chi connectivity index (χ4n) is 7.61. The normalized spacial score (nSPS) is 12.3. The average molecular weight is 1570 g/mol. The van der Waals surface area contributed by atoms with Crippen molar-refractivity contribution in [2.75, 3.05) is 92.8 Å². The Balaban J connectivity index is 0.000000228. The number of hydrogen-bond donors (Lipinski definition) is 0. The van der Waals surface area contributed by atoms with Crippen LogP contribution in [0.3, 0.4) is 0 Å². The van der Waals surface area contributed by atoms with Crippen LogP contribution in [0, 0.1) is 62.2 Å². The Kier molecular flexibility index (Phi) is 31.6. The number of pyridine rings is 6. The van der Waals surface area contributed by atoms with Crippen LogP contribution in [0.25, 0.3) is 31.9 Å². The second-order valence-electron chi connectivity index (χ2n) is 17.5. The van der Waals surface area contributed by atoms with E-state index in [2.05, 4.69) is 81.6 Å². The summed E-state index contributed by atoms with van der Waals surface area (Å²) in [6.07, 6.45) is 12.9. The Morgan fingerprint density at radius 1 is 0.345 bits per heavy atom. The number of hydrogen-bond acceptors (Lipinski definition) is 14. The third-order valence-corrected chi connectivity index (χ3v) is 11.7. The summed E-state index contributed by atoms with van der Waals surface area (Å²) in [6, 6.07) is 48.5. The van der Waals surface area contributed by atoms with Crippen LogP contribution >= 0.6 is 0 Å². The number of allylic oxidation sites excluding steroid dienone is 2. The van der Waals surface area contributed by atoms with E-state index in [1.165, 1.54) is 26.4 Å². The van der Waals surface area contributed by atoms with Crippen molar-refractivity contribution < 1.29 is 81.9 Å². The number of ether oxygens (including phenoxy) is 2. The van der Waals surface area contributed by atoms with E-state index in [1.54, 1.807) is 85.7 Å². The van der Waals surface area contributed by atoms with Crippen molar-refractivity contribution in [2.45, 2.75) is 0 Å². The topological polar surface area (TPSA) is 258 Å². The van der Waals surface area contributed by atoms with Gasteiger partial charge in [0.2, 0.25) is 0 Å². The summed E-state index contributed by atoms with van der Waals surface area (Å²) in [6.45, 7) is 9.06. The number of aromatic nitrogens is 6. The zero-order valence-electron chi connectivity index (χ0n) is 46.9. The molecule has 0 amide bonds. The molecule has 0 aliphatic heterocycles. The molecule has 6 heterocycles. The van der Waals surface area contributed by atoms with Crippen molar-refractivity contribution in [3.63, 3.8) is 0 Å². The van der Waals surface area contributed by atoms with Gasteiger partial charge in [0.05, 0.1) is 25.6 Å². The van der Waals surface area contributed by atoms with Gasteiger partial charge in [0, 0.05) is 0 Å². The smallest absolute Gasteiger partial charge is 0.871 e. The Hall–Kier alpha value is -7.82. The zero-order chi connectivity index (χ0) is 57.1. The van der Waals surface area contributed by atoms with Crippen molar-refractivity contribution >= 4 is 57.7 Å². The minimum absolute atomic E-state index is 0. The predicted octanol–water partition coefficient (Wildman–Crippen LogP) is 11.2. The number of methoxy groups -OCH3 is 2. The Bertz CT molecular complexity index is 2750. The average Bonchev–Trinajstić information content (AvgIpc) is 3.67. The number of benzene rings is 2. The van der Waals surface area contributed by atoms with E-state index < -0.39 is 11.5 Å². The van der Waals surface area contributed by atoms with Gasteiger partial charge in [-0.05, 0) is 115 Å². The van der Waals surface area contributed by atoms with Gasteiger partial charge in [-0.3, -0.25) is 0 Å². The third-order valence-electron chi connectivity index (χ3n) is 11.7. The molecule has 9 rings (SSSR count). The largest absolute Gasteiger partial charge is 4.00 e. The minimum atomic E-state index is -0.399. The molecule has 2 aromatic carbocycles. The molecule has 20 nitrogen and oxygen atoms in total. The van der Waals surface area contributed by atoms with Gasteiger partial charge in [-0.1, -0.05) is 217 Å². The monoisotopic (exact) mass is 1570 g/mol. The van der Waals surface area contributed by atoms with Crippen LogP contribution in [0.5, 0.6) is 11.5 Å². The van der Waals surface area contributed by atoms with E-state index in [9.17, 15) is 10.2 Å². The molecule has 0 unspecified atom stereocenters. The Morgan fingerprint density at radius 3 is 0.786 bits per heavy atom. The third kappa shape index (κ3) is 25.0. The summed E-state index contributed by atoms with van der Waals surface area (Å²) in [5.41, 5.74) is 1.03. The van der Waals surface area contributed by atoms with Gasteiger partial charge in [-0.15, -0.1) is 0 Å². The fraction of sp³-hybridized carbons (Fsp3) is 0.226. The SMILES string of the molecule is COc1ccccc1N=C1C=C([O-])C(=Nc2ccccc2OC)C=C1[O-].[U+4].[U+4].c1ccc([N-]CCN(CC[N-]c2ccccn2)CC[N-]c2ccccn2)nc1.c1ccc([N-]CCN(CC[N-]c2ccccn2)CC[N-]c2ccccn2)nc1. The van der Waals surface area contributed by atoms with Crippen LogP contribution in [0.2, 0.25) is 0 Å². The van der Waals surface area contributed by atoms with Gasteiger partial charge >= 0.3 is 62.2 Å². The van der Waals surface area contributed by atoms with Gasteiger partial charge in [0.1, 0.15) is 22.9 Å². The van der Waals surface area contributed by atoms with Crippen LogP contribution in [-0.2, 0) is 0 Å². The maximum absolute atomic E-state index is 12.4. The van der Waals surface area contributed by atoms with Gasteiger partial charge in [-0.25, -0.2) is 9.98 Å². The standard InChI is InChI=1S/2C21H24N7.C20H18N2O4.2U/c2*1-4-10-22-19(7-1)25-13-16-28(17-14-26-20-8-2-5-11-23-20)18-15-27-21-9-3-6-12-24-21;1-25-19-9-5-3-7-13(19)21-15-11-18(24)16(12-17(15)23)22-14-8-4-6-10-20(14)26-2;;/h2*1-12H,13-18H2;3-12,23-24H,1-2H3;;/q2*-3;;2*+4/p-2. The van der Waals surface area contributed by atoms with Crippen molar-refractivity contribution in [2.24, 2.45) is 9.98 Å². The van der Waals surface area contributed by atoms with Crippen LogP contribution in [0.4, 0.5) is 46.3 Å². The van der Waals surface area contributed by atoms with Crippen LogP contribution in [0.1, 0.15) is 0 Å². The molecule has 0 spiro atoms. The molecular weight excluding hydrogens is 1510 g/mol. The number of para-hydroxylation sites is 4. The van der Waals surface area contributed by atoms with Gasteiger partial charge < -0.3 is 91.3 Å².